The van der Waals surface area contributed by atoms with Gasteiger partial charge in [0.15, 0.2) is 0 Å². The number of carboxylic acid groups (broad SMARTS) is 1. The van der Waals surface area contributed by atoms with Crippen LogP contribution in [0.4, 0.5) is 0 Å². The number of aliphatic hydroxyl groups is 1. The normalized spacial score (nSPS) is 29.6. The zero-order chi connectivity index (χ0) is 15.3. The summed E-state index contributed by atoms with van der Waals surface area (Å²) >= 11 is 0. The fourth-order valence-corrected chi connectivity index (χ4v) is 4.35. The molecule has 1 aliphatic carbocycles. The van der Waals surface area contributed by atoms with Gasteiger partial charge in [-0.05, 0) is 38.1 Å². The van der Waals surface area contributed by atoms with Crippen molar-refractivity contribution in [2.45, 2.75) is 70.8 Å². The Kier molecular flexibility index (Phi) is 6.06. The molecule has 1 saturated heterocycles. The van der Waals surface area contributed by atoms with Crippen molar-refractivity contribution < 1.29 is 15.0 Å². The smallest absolute Gasteiger partial charge is 0.310 e. The molecule has 2 atom stereocenters. The Labute approximate surface area is 128 Å². The molecule has 122 valence electrons. The summed E-state index contributed by atoms with van der Waals surface area (Å²) in [6.07, 6.45) is 9.09. The van der Waals surface area contributed by atoms with Crippen LogP contribution in [0, 0.1) is 11.3 Å². The standard InChI is InChI=1S/C17H31NO3/c1-2-8-17(16(20)21)9-5-10-18(13-17)12-15(19)11-14-6-3-4-7-14/h14-15,19H,2-13H2,1H3,(H,20,21). The second kappa shape index (κ2) is 7.59. The van der Waals surface area contributed by atoms with Gasteiger partial charge < -0.3 is 10.2 Å². The van der Waals surface area contributed by atoms with Gasteiger partial charge in [-0.1, -0.05) is 39.0 Å². The summed E-state index contributed by atoms with van der Waals surface area (Å²) in [6, 6.07) is 0. The monoisotopic (exact) mass is 297 g/mol. The molecule has 0 amide bonds. The summed E-state index contributed by atoms with van der Waals surface area (Å²) in [5, 5.41) is 19.9. The lowest BCUT2D eigenvalue weighted by Crippen LogP contribution is -2.49. The molecule has 2 unspecified atom stereocenters. The van der Waals surface area contributed by atoms with Crippen molar-refractivity contribution in [2.24, 2.45) is 11.3 Å². The molecular weight excluding hydrogens is 266 g/mol. The van der Waals surface area contributed by atoms with Gasteiger partial charge >= 0.3 is 5.97 Å². The Balaban J connectivity index is 1.86. The molecule has 2 N–H and O–H groups in total. The van der Waals surface area contributed by atoms with Crippen LogP contribution in [-0.2, 0) is 4.79 Å². The van der Waals surface area contributed by atoms with E-state index in [-0.39, 0.29) is 6.10 Å². The van der Waals surface area contributed by atoms with Gasteiger partial charge in [-0.25, -0.2) is 0 Å². The third-order valence-corrected chi connectivity index (χ3v) is 5.39. The number of nitrogens with zero attached hydrogens (tertiary/aromatic N) is 1. The number of aliphatic carboxylic acids is 1. The van der Waals surface area contributed by atoms with Crippen molar-refractivity contribution >= 4 is 5.97 Å². The Bertz CT molecular complexity index is 337. The van der Waals surface area contributed by atoms with Crippen molar-refractivity contribution in [3.05, 3.63) is 0 Å². The topological polar surface area (TPSA) is 60.8 Å². The fraction of sp³-hybridized carbons (Fsp3) is 0.941. The number of aliphatic hydroxyl groups excluding tert-OH is 1. The van der Waals surface area contributed by atoms with Crippen LogP contribution in [0.3, 0.4) is 0 Å². The highest BCUT2D eigenvalue weighted by Gasteiger charge is 2.41. The van der Waals surface area contributed by atoms with E-state index in [9.17, 15) is 15.0 Å². The number of hydrogen-bond donors (Lipinski definition) is 2. The first kappa shape index (κ1) is 16.8. The Morgan fingerprint density at radius 3 is 2.67 bits per heavy atom. The molecule has 0 aromatic carbocycles. The minimum atomic E-state index is -0.653. The van der Waals surface area contributed by atoms with Gasteiger partial charge in [0.1, 0.15) is 0 Å². The number of carboxylic acids is 1. The minimum absolute atomic E-state index is 0.292. The zero-order valence-electron chi connectivity index (χ0n) is 13.4. The van der Waals surface area contributed by atoms with E-state index < -0.39 is 11.4 Å². The van der Waals surface area contributed by atoms with Crippen molar-refractivity contribution in [1.82, 2.24) is 4.90 Å². The van der Waals surface area contributed by atoms with Gasteiger partial charge in [-0.2, -0.15) is 0 Å². The highest BCUT2D eigenvalue weighted by molar-refractivity contribution is 5.75. The molecule has 21 heavy (non-hydrogen) atoms. The Morgan fingerprint density at radius 1 is 1.33 bits per heavy atom. The molecular formula is C17H31NO3. The third kappa shape index (κ3) is 4.43. The largest absolute Gasteiger partial charge is 0.481 e. The lowest BCUT2D eigenvalue weighted by atomic mass is 9.76. The fourth-order valence-electron chi connectivity index (χ4n) is 4.35. The van der Waals surface area contributed by atoms with Crippen LogP contribution in [0.15, 0.2) is 0 Å². The summed E-state index contributed by atoms with van der Waals surface area (Å²) < 4.78 is 0. The maximum Gasteiger partial charge on any atom is 0.310 e. The summed E-state index contributed by atoms with van der Waals surface area (Å²) in [7, 11) is 0. The summed E-state index contributed by atoms with van der Waals surface area (Å²) in [5.41, 5.74) is -0.583. The number of hydrogen-bond acceptors (Lipinski definition) is 3. The highest BCUT2D eigenvalue weighted by Crippen LogP contribution is 2.35. The van der Waals surface area contributed by atoms with Crippen LogP contribution >= 0.6 is 0 Å². The van der Waals surface area contributed by atoms with Crippen molar-refractivity contribution in [3.63, 3.8) is 0 Å². The van der Waals surface area contributed by atoms with Gasteiger partial charge in [-0.15, -0.1) is 0 Å². The average molecular weight is 297 g/mol. The number of rotatable bonds is 7. The molecule has 1 aliphatic heterocycles. The van der Waals surface area contributed by atoms with Gasteiger partial charge in [0.05, 0.1) is 11.5 Å². The molecule has 2 rings (SSSR count). The zero-order valence-corrected chi connectivity index (χ0v) is 13.4. The van der Waals surface area contributed by atoms with Crippen LogP contribution in [-0.4, -0.2) is 46.8 Å². The van der Waals surface area contributed by atoms with E-state index in [2.05, 4.69) is 11.8 Å². The van der Waals surface area contributed by atoms with Gasteiger partial charge in [-0.3, -0.25) is 9.69 Å². The van der Waals surface area contributed by atoms with E-state index in [4.69, 9.17) is 0 Å². The highest BCUT2D eigenvalue weighted by atomic mass is 16.4. The molecule has 1 heterocycles. The summed E-state index contributed by atoms with van der Waals surface area (Å²) in [4.78, 5) is 13.9. The summed E-state index contributed by atoms with van der Waals surface area (Å²) in [5.74, 6) is 0.0315. The van der Waals surface area contributed by atoms with E-state index in [1.54, 1.807) is 0 Å². The first-order valence-electron chi connectivity index (χ1n) is 8.69. The second-order valence-electron chi connectivity index (χ2n) is 7.21. The molecule has 0 aromatic rings. The number of carbonyl (C=O) groups is 1. The Morgan fingerprint density at radius 2 is 2.05 bits per heavy atom. The van der Waals surface area contributed by atoms with E-state index in [0.29, 0.717) is 19.0 Å². The quantitative estimate of drug-likeness (QED) is 0.758. The third-order valence-electron chi connectivity index (χ3n) is 5.39. The predicted molar refractivity (Wildman–Crippen MR) is 83.2 cm³/mol. The van der Waals surface area contributed by atoms with Crippen LogP contribution < -0.4 is 0 Å². The van der Waals surface area contributed by atoms with Crippen LogP contribution in [0.25, 0.3) is 0 Å². The van der Waals surface area contributed by atoms with Gasteiger partial charge in [0.2, 0.25) is 0 Å². The molecule has 2 aliphatic rings. The van der Waals surface area contributed by atoms with Crippen LogP contribution in [0.1, 0.15) is 64.7 Å². The molecule has 2 fully saturated rings. The number of piperidine rings is 1. The molecule has 0 bridgehead atoms. The maximum absolute atomic E-state index is 11.7. The second-order valence-corrected chi connectivity index (χ2v) is 7.21. The van der Waals surface area contributed by atoms with E-state index in [0.717, 1.165) is 38.6 Å². The SMILES string of the molecule is CCCC1(C(=O)O)CCCN(CC(O)CC2CCCC2)C1. The first-order valence-corrected chi connectivity index (χ1v) is 8.69. The van der Waals surface area contributed by atoms with E-state index in [1.807, 2.05) is 0 Å². The lowest BCUT2D eigenvalue weighted by molar-refractivity contribution is -0.153. The molecule has 4 nitrogen and oxygen atoms in total. The van der Waals surface area contributed by atoms with Crippen LogP contribution in [0.5, 0.6) is 0 Å². The van der Waals surface area contributed by atoms with Crippen LogP contribution in [0.2, 0.25) is 0 Å². The van der Waals surface area contributed by atoms with Crippen molar-refractivity contribution in [2.75, 3.05) is 19.6 Å². The molecule has 0 aromatic heterocycles. The molecule has 4 heteroatoms. The summed E-state index contributed by atoms with van der Waals surface area (Å²) in [6.45, 7) is 4.24. The molecule has 0 spiro atoms. The average Bonchev–Trinajstić information content (AvgIpc) is 2.92. The van der Waals surface area contributed by atoms with E-state index >= 15 is 0 Å². The minimum Gasteiger partial charge on any atom is -0.481 e. The first-order chi connectivity index (χ1) is 10.1. The maximum atomic E-state index is 11.7. The number of likely N-dealkylation sites (tertiary alicyclic amines) is 1. The molecule has 1 saturated carbocycles. The van der Waals surface area contributed by atoms with Gasteiger partial charge in [0, 0.05) is 13.1 Å². The van der Waals surface area contributed by atoms with Crippen molar-refractivity contribution in [1.29, 1.82) is 0 Å². The predicted octanol–water partition coefficient (Wildman–Crippen LogP) is 2.89. The van der Waals surface area contributed by atoms with Crippen molar-refractivity contribution in [3.8, 4) is 0 Å². The van der Waals surface area contributed by atoms with Gasteiger partial charge in [0.25, 0.3) is 0 Å². The number of β-amino-alcohol motifs (C(OH)–C–C–N with tert-alkyl or cyclic N) is 1. The van der Waals surface area contributed by atoms with E-state index in [1.165, 1.54) is 25.7 Å². The molecule has 0 radical (unpaired) electrons. The Hall–Kier alpha value is -0.610. The lowest BCUT2D eigenvalue weighted by Gasteiger charge is -2.40.